The molecule has 0 spiro atoms. The number of pyridine rings is 1. The third-order valence-electron chi connectivity index (χ3n) is 7.63. The molecule has 2 heterocycles. The number of aromatic nitrogens is 1. The predicted molar refractivity (Wildman–Crippen MR) is 161 cm³/mol. The molecule has 8 nitrogen and oxygen atoms in total. The minimum absolute atomic E-state index is 0.0197. The number of carbonyl (C=O) groups is 2. The highest BCUT2D eigenvalue weighted by molar-refractivity contribution is 6.04. The van der Waals surface area contributed by atoms with Gasteiger partial charge in [-0.25, -0.2) is 4.39 Å². The fourth-order valence-electron chi connectivity index (χ4n) is 5.52. The van der Waals surface area contributed by atoms with Gasteiger partial charge in [0.05, 0.1) is 24.4 Å². The zero-order chi connectivity index (χ0) is 30.6. The maximum Gasteiger partial charge on any atom is 0.251 e. The average molecular weight is 578 g/mol. The Hall–Kier alpha value is -5.07. The summed E-state index contributed by atoms with van der Waals surface area (Å²) >= 11 is 0. The zero-order valence-electron chi connectivity index (χ0n) is 23.9. The van der Waals surface area contributed by atoms with Crippen molar-refractivity contribution in [2.45, 2.75) is 44.0 Å². The highest BCUT2D eigenvalue weighted by Crippen LogP contribution is 2.35. The molecule has 9 heteroatoms. The molecule has 1 aromatic heterocycles. The van der Waals surface area contributed by atoms with Gasteiger partial charge in [-0.2, -0.15) is 5.26 Å². The highest BCUT2D eigenvalue weighted by atomic mass is 19.1. The first-order valence-corrected chi connectivity index (χ1v) is 14.0. The van der Waals surface area contributed by atoms with Gasteiger partial charge >= 0.3 is 0 Å². The van der Waals surface area contributed by atoms with Crippen molar-refractivity contribution in [1.29, 1.82) is 5.26 Å². The normalized spacial score (nSPS) is 19.2. The Labute approximate surface area is 250 Å². The fraction of sp³-hybridized carbons (Fsp3) is 0.235. The first-order chi connectivity index (χ1) is 20.7. The smallest absolute Gasteiger partial charge is 0.251 e. The van der Waals surface area contributed by atoms with E-state index in [1.807, 2.05) is 85.9 Å². The summed E-state index contributed by atoms with van der Waals surface area (Å²) in [7, 11) is 0. The van der Waals surface area contributed by atoms with Gasteiger partial charge < -0.3 is 10.4 Å². The standard InChI is InChI=1S/C34H32FN5O3/c1-23(24-9-5-3-6-10-24)38-32(41)31(27-17-28(35)20-37-19-27)40(33(42)30-18-34(2,43)21-39(30)22-36)29-15-13-26(14-16-29)25-11-7-4-8-12-25/h3-17,19-20,23,30-31,43H,18,21H2,1-2H3,(H,38,41)/t23-,30+,31?,34+/m0/s1. The number of hydrogen-bond donors (Lipinski definition) is 2. The van der Waals surface area contributed by atoms with Crippen molar-refractivity contribution < 1.29 is 19.1 Å². The second kappa shape index (κ2) is 12.4. The third-order valence-corrected chi connectivity index (χ3v) is 7.63. The van der Waals surface area contributed by atoms with E-state index in [2.05, 4.69) is 10.3 Å². The lowest BCUT2D eigenvalue weighted by Gasteiger charge is -2.35. The Morgan fingerprint density at radius 3 is 2.28 bits per heavy atom. The van der Waals surface area contributed by atoms with E-state index >= 15 is 0 Å². The topological polar surface area (TPSA) is 110 Å². The minimum Gasteiger partial charge on any atom is -0.388 e. The van der Waals surface area contributed by atoms with Gasteiger partial charge in [-0.1, -0.05) is 72.8 Å². The number of anilines is 1. The van der Waals surface area contributed by atoms with Crippen LogP contribution < -0.4 is 10.2 Å². The van der Waals surface area contributed by atoms with Gasteiger partial charge in [0.25, 0.3) is 5.91 Å². The number of amides is 2. The molecule has 2 amide bonds. The van der Waals surface area contributed by atoms with Gasteiger partial charge in [0.1, 0.15) is 17.9 Å². The van der Waals surface area contributed by atoms with Crippen molar-refractivity contribution in [3.8, 4) is 17.3 Å². The Bertz CT molecular complexity index is 1620. The number of halogens is 1. The van der Waals surface area contributed by atoms with Crippen LogP contribution in [0.2, 0.25) is 0 Å². The molecule has 43 heavy (non-hydrogen) atoms. The summed E-state index contributed by atoms with van der Waals surface area (Å²) in [5, 5.41) is 23.6. The molecule has 1 aliphatic rings. The first-order valence-electron chi connectivity index (χ1n) is 14.0. The molecule has 4 atom stereocenters. The third kappa shape index (κ3) is 6.55. The van der Waals surface area contributed by atoms with Crippen molar-refractivity contribution in [3.05, 3.63) is 120 Å². The van der Waals surface area contributed by atoms with E-state index in [-0.39, 0.29) is 18.5 Å². The molecule has 0 saturated carbocycles. The van der Waals surface area contributed by atoms with E-state index in [0.29, 0.717) is 5.69 Å². The van der Waals surface area contributed by atoms with Gasteiger partial charge in [0.2, 0.25) is 5.91 Å². The second-order valence-electron chi connectivity index (χ2n) is 11.0. The fourth-order valence-corrected chi connectivity index (χ4v) is 5.52. The monoisotopic (exact) mass is 577 g/mol. The highest BCUT2D eigenvalue weighted by Gasteiger charge is 2.47. The maximum atomic E-state index is 14.6. The predicted octanol–water partition coefficient (Wildman–Crippen LogP) is 5.15. The van der Waals surface area contributed by atoms with E-state index in [1.54, 1.807) is 19.1 Å². The van der Waals surface area contributed by atoms with E-state index < -0.39 is 41.4 Å². The van der Waals surface area contributed by atoms with Crippen LogP contribution in [0.3, 0.4) is 0 Å². The van der Waals surface area contributed by atoms with Crippen LogP contribution in [0.4, 0.5) is 10.1 Å². The molecule has 1 aliphatic heterocycles. The summed E-state index contributed by atoms with van der Waals surface area (Å²) in [5.74, 6) is -1.80. The van der Waals surface area contributed by atoms with Crippen LogP contribution in [0.25, 0.3) is 11.1 Å². The van der Waals surface area contributed by atoms with Gasteiger partial charge in [0, 0.05) is 23.9 Å². The summed E-state index contributed by atoms with van der Waals surface area (Å²) in [5.41, 5.74) is 1.94. The molecule has 1 fully saturated rings. The molecule has 218 valence electrons. The molecule has 5 rings (SSSR count). The number of likely N-dealkylation sites (tertiary alicyclic amines) is 1. The van der Waals surface area contributed by atoms with Gasteiger partial charge in [-0.05, 0) is 48.7 Å². The largest absolute Gasteiger partial charge is 0.388 e. The quantitative estimate of drug-likeness (QED) is 0.281. The van der Waals surface area contributed by atoms with Gasteiger partial charge in [-0.3, -0.25) is 24.4 Å². The Morgan fingerprint density at radius 1 is 1.02 bits per heavy atom. The van der Waals surface area contributed by atoms with E-state index in [1.165, 1.54) is 22.1 Å². The van der Waals surface area contributed by atoms with Crippen LogP contribution in [-0.4, -0.2) is 45.0 Å². The van der Waals surface area contributed by atoms with Crippen LogP contribution in [0, 0.1) is 17.3 Å². The molecule has 1 saturated heterocycles. The molecule has 4 aromatic rings. The molecule has 0 bridgehead atoms. The van der Waals surface area contributed by atoms with E-state index in [9.17, 15) is 24.3 Å². The Kier molecular flexibility index (Phi) is 8.51. The van der Waals surface area contributed by atoms with E-state index in [0.717, 1.165) is 22.9 Å². The van der Waals surface area contributed by atoms with Crippen LogP contribution in [0.5, 0.6) is 0 Å². The van der Waals surface area contributed by atoms with Crippen molar-refractivity contribution in [2.24, 2.45) is 0 Å². The Balaban J connectivity index is 1.61. The Morgan fingerprint density at radius 2 is 1.65 bits per heavy atom. The number of β-amino-alcohol motifs (C(OH)–C–C–N with tert-alkyl or cyclic N) is 1. The van der Waals surface area contributed by atoms with Crippen molar-refractivity contribution >= 4 is 17.5 Å². The van der Waals surface area contributed by atoms with Crippen molar-refractivity contribution in [3.63, 3.8) is 0 Å². The number of nitrogens with zero attached hydrogens (tertiary/aromatic N) is 4. The van der Waals surface area contributed by atoms with Gasteiger partial charge in [0.15, 0.2) is 6.19 Å². The summed E-state index contributed by atoms with van der Waals surface area (Å²) in [4.78, 5) is 35.1. The van der Waals surface area contributed by atoms with Crippen LogP contribution >= 0.6 is 0 Å². The molecule has 0 radical (unpaired) electrons. The summed E-state index contributed by atoms with van der Waals surface area (Å²) < 4.78 is 14.6. The zero-order valence-corrected chi connectivity index (χ0v) is 23.9. The van der Waals surface area contributed by atoms with E-state index in [4.69, 9.17) is 0 Å². The number of rotatable bonds is 8. The molecule has 3 aromatic carbocycles. The van der Waals surface area contributed by atoms with Crippen molar-refractivity contribution in [1.82, 2.24) is 15.2 Å². The minimum atomic E-state index is -1.34. The summed E-state index contributed by atoms with van der Waals surface area (Å²) in [6.07, 6.45) is 4.37. The second-order valence-corrected chi connectivity index (χ2v) is 11.0. The molecular formula is C34H32FN5O3. The number of aliphatic hydroxyl groups is 1. The summed E-state index contributed by atoms with van der Waals surface area (Å²) in [6, 6.07) is 24.5. The SMILES string of the molecule is C[C@H](NC(=O)C(c1cncc(F)c1)N(C(=O)[C@H]1C[C@@](C)(O)CN1C#N)c1ccc(-c2ccccc2)cc1)c1ccccc1. The number of carbonyl (C=O) groups excluding carboxylic acids is 2. The van der Waals surface area contributed by atoms with Crippen molar-refractivity contribution in [2.75, 3.05) is 11.4 Å². The molecule has 0 aliphatic carbocycles. The number of hydrogen-bond acceptors (Lipinski definition) is 6. The number of benzene rings is 3. The molecule has 1 unspecified atom stereocenters. The lowest BCUT2D eigenvalue weighted by molar-refractivity contribution is -0.128. The average Bonchev–Trinajstić information content (AvgIpc) is 3.34. The first kappa shape index (κ1) is 29.4. The number of nitriles is 1. The molecule has 2 N–H and O–H groups in total. The lowest BCUT2D eigenvalue weighted by atomic mass is 9.98. The number of nitrogens with one attached hydrogen (secondary N) is 1. The van der Waals surface area contributed by atoms with Crippen LogP contribution in [0.15, 0.2) is 103 Å². The maximum absolute atomic E-state index is 14.6. The van der Waals surface area contributed by atoms with Crippen LogP contribution in [-0.2, 0) is 9.59 Å². The lowest BCUT2D eigenvalue weighted by Crippen LogP contribution is -2.50. The van der Waals surface area contributed by atoms with Gasteiger partial charge in [-0.15, -0.1) is 0 Å². The molecular weight excluding hydrogens is 545 g/mol. The summed E-state index contributed by atoms with van der Waals surface area (Å²) in [6.45, 7) is 3.34. The van der Waals surface area contributed by atoms with Crippen LogP contribution in [0.1, 0.15) is 43.5 Å².